The third-order valence-corrected chi connectivity index (χ3v) is 7.29. The Kier molecular flexibility index (Phi) is 6.62. The lowest BCUT2D eigenvalue weighted by Gasteiger charge is -2.48. The minimum atomic E-state index is -0.735. The zero-order valence-electron chi connectivity index (χ0n) is 20.4. The van der Waals surface area contributed by atoms with Crippen LogP contribution in [0.15, 0.2) is 60.8 Å². The number of aryl methyl sites for hydroxylation is 1. The minimum Gasteiger partial charge on any atom is -0.487 e. The Morgan fingerprint density at radius 3 is 2.69 bits per heavy atom. The molecule has 5 rings (SSSR count). The molecule has 1 aromatic heterocycles. The molecule has 1 amide bonds. The number of carbonyl (C=O) groups excluding carboxylic acids is 1. The molecule has 0 radical (unpaired) electrons. The van der Waals surface area contributed by atoms with Crippen LogP contribution in [-0.4, -0.2) is 45.1 Å². The van der Waals surface area contributed by atoms with Gasteiger partial charge in [-0.2, -0.15) is 5.10 Å². The fourth-order valence-electron chi connectivity index (χ4n) is 5.28. The summed E-state index contributed by atoms with van der Waals surface area (Å²) < 4.78 is 8.28. The van der Waals surface area contributed by atoms with Crippen molar-refractivity contribution in [3.05, 3.63) is 71.9 Å². The molecule has 0 unspecified atom stereocenters. The highest BCUT2D eigenvalue weighted by molar-refractivity contribution is 5.73. The highest BCUT2D eigenvalue weighted by atomic mass is 16.5. The van der Waals surface area contributed by atoms with Crippen molar-refractivity contribution >= 4 is 5.91 Å². The molecule has 0 bridgehead atoms. The molecule has 1 spiro atoms. The second-order valence-corrected chi connectivity index (χ2v) is 9.99. The van der Waals surface area contributed by atoms with Gasteiger partial charge in [0.15, 0.2) is 0 Å². The van der Waals surface area contributed by atoms with Gasteiger partial charge in [-0.25, -0.2) is 0 Å². The van der Waals surface area contributed by atoms with Crippen LogP contribution < -0.4 is 15.4 Å². The number of aromatic nitrogens is 2. The van der Waals surface area contributed by atoms with Gasteiger partial charge in [0.05, 0.1) is 17.8 Å². The summed E-state index contributed by atoms with van der Waals surface area (Å²) in [5.74, 6) is 0.764. The molecule has 1 fully saturated rings. The van der Waals surface area contributed by atoms with E-state index in [1.54, 1.807) is 4.68 Å². The van der Waals surface area contributed by atoms with Crippen LogP contribution in [0.1, 0.15) is 49.8 Å². The number of aliphatic hydroxyl groups is 1. The van der Waals surface area contributed by atoms with E-state index < -0.39 is 6.10 Å². The summed E-state index contributed by atoms with van der Waals surface area (Å²) in [7, 11) is 1.91. The molecular weight excluding hydrogens is 440 g/mol. The van der Waals surface area contributed by atoms with Crippen LogP contribution in [0, 0.1) is 0 Å². The standard InChI is InChI=1S/C28H34N4O3/c1-19(33)30-24(15-20-7-4-3-5-8-20)26(34)18-29-25-17-28(12-6-13-28)35-27-10-9-21(16-22(25)27)23-11-14-32(2)31-23/h3-5,7-11,14,16,24-26,29,34H,6,12-13,15,17-18H2,1-2H3,(H,30,33)/t24-,25-,26-/m0/s1. The molecule has 1 saturated carbocycles. The van der Waals surface area contributed by atoms with Gasteiger partial charge in [0.2, 0.25) is 5.91 Å². The van der Waals surface area contributed by atoms with E-state index in [9.17, 15) is 9.90 Å². The number of benzene rings is 2. The number of fused-ring (bicyclic) bond motifs is 1. The monoisotopic (exact) mass is 474 g/mol. The number of carbonyl (C=O) groups is 1. The second kappa shape index (κ2) is 9.84. The number of nitrogens with one attached hydrogen (secondary N) is 2. The average Bonchev–Trinajstić information content (AvgIpc) is 3.27. The summed E-state index contributed by atoms with van der Waals surface area (Å²) >= 11 is 0. The van der Waals surface area contributed by atoms with Gasteiger partial charge in [0.1, 0.15) is 11.4 Å². The van der Waals surface area contributed by atoms with Crippen LogP contribution in [-0.2, 0) is 18.3 Å². The highest BCUT2D eigenvalue weighted by Gasteiger charge is 2.45. The SMILES string of the molecule is CC(=O)N[C@@H](Cc1ccccc1)[C@@H](O)CN[C@H]1CC2(CCC2)Oc2ccc(-c3ccn(C)n3)cc21. The molecule has 2 aromatic carbocycles. The third kappa shape index (κ3) is 5.26. The maximum absolute atomic E-state index is 11.9. The smallest absolute Gasteiger partial charge is 0.217 e. The molecule has 3 aromatic rings. The Bertz CT molecular complexity index is 1170. The first kappa shape index (κ1) is 23.6. The predicted molar refractivity (Wildman–Crippen MR) is 135 cm³/mol. The number of amides is 1. The van der Waals surface area contributed by atoms with Gasteiger partial charge in [0, 0.05) is 50.3 Å². The van der Waals surface area contributed by atoms with Gasteiger partial charge in [-0.3, -0.25) is 9.48 Å². The lowest BCUT2D eigenvalue weighted by atomic mass is 9.72. The van der Waals surface area contributed by atoms with Crippen molar-refractivity contribution in [2.45, 2.75) is 62.8 Å². The fourth-order valence-corrected chi connectivity index (χ4v) is 5.28. The first-order chi connectivity index (χ1) is 16.9. The molecule has 1 aliphatic heterocycles. The molecular formula is C28H34N4O3. The third-order valence-electron chi connectivity index (χ3n) is 7.29. The lowest BCUT2D eigenvalue weighted by Crippen LogP contribution is -2.52. The Balaban J connectivity index is 1.35. The van der Waals surface area contributed by atoms with Crippen LogP contribution in [0.3, 0.4) is 0 Å². The van der Waals surface area contributed by atoms with E-state index in [4.69, 9.17) is 4.74 Å². The van der Waals surface area contributed by atoms with Gasteiger partial charge in [-0.15, -0.1) is 0 Å². The molecule has 3 atom stereocenters. The fraction of sp³-hybridized carbons (Fsp3) is 0.429. The molecule has 2 heterocycles. The zero-order valence-corrected chi connectivity index (χ0v) is 20.4. The Morgan fingerprint density at radius 1 is 1.23 bits per heavy atom. The van der Waals surface area contributed by atoms with Crippen molar-refractivity contribution in [1.29, 1.82) is 0 Å². The van der Waals surface area contributed by atoms with Crippen LogP contribution in [0.2, 0.25) is 0 Å². The molecule has 3 N–H and O–H groups in total. The summed E-state index contributed by atoms with van der Waals surface area (Å²) in [4.78, 5) is 11.9. The van der Waals surface area contributed by atoms with Gasteiger partial charge in [0.25, 0.3) is 0 Å². The Morgan fingerprint density at radius 2 is 2.03 bits per heavy atom. The number of rotatable bonds is 8. The summed E-state index contributed by atoms with van der Waals surface area (Å²) in [6, 6.07) is 17.9. The van der Waals surface area contributed by atoms with Crippen molar-refractivity contribution in [1.82, 2.24) is 20.4 Å². The van der Waals surface area contributed by atoms with Crippen LogP contribution in [0.25, 0.3) is 11.3 Å². The maximum atomic E-state index is 11.9. The number of hydrogen-bond donors (Lipinski definition) is 3. The van der Waals surface area contributed by atoms with Gasteiger partial charge < -0.3 is 20.5 Å². The van der Waals surface area contributed by atoms with Crippen molar-refractivity contribution < 1.29 is 14.6 Å². The van der Waals surface area contributed by atoms with Crippen molar-refractivity contribution in [3.63, 3.8) is 0 Å². The van der Waals surface area contributed by atoms with Crippen LogP contribution >= 0.6 is 0 Å². The minimum absolute atomic E-state index is 0.0482. The van der Waals surface area contributed by atoms with Gasteiger partial charge in [-0.1, -0.05) is 30.3 Å². The molecule has 0 saturated heterocycles. The summed E-state index contributed by atoms with van der Waals surface area (Å²) in [5, 5.41) is 22.2. The maximum Gasteiger partial charge on any atom is 0.217 e. The molecule has 7 heteroatoms. The predicted octanol–water partition coefficient (Wildman–Crippen LogP) is 3.53. The molecule has 184 valence electrons. The van der Waals surface area contributed by atoms with Gasteiger partial charge >= 0.3 is 0 Å². The Labute approximate surface area is 206 Å². The Hall–Kier alpha value is -3.16. The van der Waals surface area contributed by atoms with Crippen LogP contribution in [0.4, 0.5) is 0 Å². The van der Waals surface area contributed by atoms with E-state index in [1.807, 2.05) is 49.6 Å². The number of ether oxygens (including phenoxy) is 1. The number of aliphatic hydroxyl groups excluding tert-OH is 1. The summed E-state index contributed by atoms with van der Waals surface area (Å²) in [6.45, 7) is 1.86. The molecule has 7 nitrogen and oxygen atoms in total. The van der Waals surface area contributed by atoms with E-state index in [2.05, 4.69) is 33.9 Å². The quantitative estimate of drug-likeness (QED) is 0.465. The summed E-state index contributed by atoms with van der Waals surface area (Å²) in [5.41, 5.74) is 4.02. The number of hydrogen-bond acceptors (Lipinski definition) is 5. The first-order valence-electron chi connectivity index (χ1n) is 12.5. The molecule has 35 heavy (non-hydrogen) atoms. The number of nitrogens with zero attached hydrogens (tertiary/aromatic N) is 2. The second-order valence-electron chi connectivity index (χ2n) is 9.99. The largest absolute Gasteiger partial charge is 0.487 e. The van der Waals surface area contributed by atoms with E-state index in [0.717, 1.165) is 47.4 Å². The normalized spacial score (nSPS) is 19.8. The van der Waals surface area contributed by atoms with E-state index in [-0.39, 0.29) is 23.6 Å². The highest BCUT2D eigenvalue weighted by Crippen LogP contribution is 2.49. The average molecular weight is 475 g/mol. The molecule has 1 aliphatic carbocycles. The van der Waals surface area contributed by atoms with E-state index in [0.29, 0.717) is 13.0 Å². The van der Waals surface area contributed by atoms with E-state index >= 15 is 0 Å². The van der Waals surface area contributed by atoms with E-state index in [1.165, 1.54) is 13.3 Å². The lowest BCUT2D eigenvalue weighted by molar-refractivity contribution is -0.120. The molecule has 2 aliphatic rings. The zero-order chi connectivity index (χ0) is 24.4. The topological polar surface area (TPSA) is 88.4 Å². The van der Waals surface area contributed by atoms with Crippen molar-refractivity contribution in [3.8, 4) is 17.0 Å². The first-order valence-corrected chi connectivity index (χ1v) is 12.5. The van der Waals surface area contributed by atoms with Gasteiger partial charge in [-0.05, 0) is 55.5 Å². The van der Waals surface area contributed by atoms with Crippen molar-refractivity contribution in [2.24, 2.45) is 7.05 Å². The summed E-state index contributed by atoms with van der Waals surface area (Å²) in [6.07, 6.45) is 5.92. The van der Waals surface area contributed by atoms with Crippen molar-refractivity contribution in [2.75, 3.05) is 6.54 Å². The van der Waals surface area contributed by atoms with Crippen LogP contribution in [0.5, 0.6) is 5.75 Å².